The number of esters is 1. The van der Waals surface area contributed by atoms with E-state index < -0.39 is 39.2 Å². The van der Waals surface area contributed by atoms with Gasteiger partial charge in [0.1, 0.15) is 5.75 Å². The average molecular weight is 224 g/mol. The van der Waals surface area contributed by atoms with Crippen molar-refractivity contribution >= 4 is 21.8 Å². The molecule has 0 heterocycles. The van der Waals surface area contributed by atoms with Crippen molar-refractivity contribution in [3.63, 3.8) is 0 Å². The summed E-state index contributed by atoms with van der Waals surface area (Å²) in [5, 5.41) is 8.46. The van der Waals surface area contributed by atoms with Crippen molar-refractivity contribution in [2.75, 3.05) is 18.6 Å². The van der Waals surface area contributed by atoms with Crippen molar-refractivity contribution in [1.82, 2.24) is 0 Å². The molecule has 7 heteroatoms. The molecule has 0 aromatic rings. The standard InChI is InChI=1S/C7H12O6S/c1-5(7(9)10)3-14(11,12)4-6(8)13-2/h5H,3-4H2,1-2H3,(H,9,10). The Kier molecular flexibility index (Phi) is 4.55. The summed E-state index contributed by atoms with van der Waals surface area (Å²) < 4.78 is 26.5. The van der Waals surface area contributed by atoms with E-state index in [1.807, 2.05) is 0 Å². The van der Waals surface area contributed by atoms with Gasteiger partial charge in [0.15, 0.2) is 9.84 Å². The van der Waals surface area contributed by atoms with E-state index in [9.17, 15) is 18.0 Å². The second kappa shape index (κ2) is 4.94. The van der Waals surface area contributed by atoms with Crippen molar-refractivity contribution in [2.45, 2.75) is 6.92 Å². The first-order valence-corrected chi connectivity index (χ1v) is 5.60. The summed E-state index contributed by atoms with van der Waals surface area (Å²) in [7, 11) is -2.62. The van der Waals surface area contributed by atoms with Gasteiger partial charge in [-0.05, 0) is 0 Å². The highest BCUT2D eigenvalue weighted by atomic mass is 32.2. The molecule has 6 nitrogen and oxygen atoms in total. The molecule has 0 aromatic heterocycles. The fourth-order valence-electron chi connectivity index (χ4n) is 0.750. The van der Waals surface area contributed by atoms with Crippen molar-refractivity contribution in [3.05, 3.63) is 0 Å². The van der Waals surface area contributed by atoms with Gasteiger partial charge in [0.05, 0.1) is 18.8 Å². The number of carboxylic acids is 1. The number of sulfone groups is 1. The van der Waals surface area contributed by atoms with Gasteiger partial charge in [-0.15, -0.1) is 0 Å². The van der Waals surface area contributed by atoms with Crippen LogP contribution in [0.15, 0.2) is 0 Å². The predicted octanol–water partition coefficient (Wildman–Crippen LogP) is -0.705. The third-order valence-electron chi connectivity index (χ3n) is 1.49. The molecule has 0 aliphatic rings. The van der Waals surface area contributed by atoms with Crippen LogP contribution in [0.5, 0.6) is 0 Å². The molecule has 0 aromatic carbocycles. The smallest absolute Gasteiger partial charge is 0.320 e. The lowest BCUT2D eigenvalue weighted by molar-refractivity contribution is -0.140. The van der Waals surface area contributed by atoms with E-state index in [1.165, 1.54) is 6.92 Å². The molecule has 0 amide bonds. The van der Waals surface area contributed by atoms with Crippen molar-refractivity contribution in [3.8, 4) is 0 Å². The van der Waals surface area contributed by atoms with Crippen LogP contribution in [-0.2, 0) is 24.2 Å². The van der Waals surface area contributed by atoms with Gasteiger partial charge in [0.25, 0.3) is 0 Å². The zero-order valence-corrected chi connectivity index (χ0v) is 8.70. The molecule has 0 aliphatic heterocycles. The minimum Gasteiger partial charge on any atom is -0.481 e. The normalized spacial score (nSPS) is 13.3. The van der Waals surface area contributed by atoms with Gasteiger partial charge in [-0.1, -0.05) is 6.92 Å². The number of carboxylic acid groups (broad SMARTS) is 1. The first kappa shape index (κ1) is 12.9. The van der Waals surface area contributed by atoms with Gasteiger partial charge in [0, 0.05) is 0 Å². The lowest BCUT2D eigenvalue weighted by atomic mass is 10.2. The molecule has 0 rings (SSSR count). The first-order chi connectivity index (χ1) is 6.28. The Bertz CT molecular complexity index is 317. The van der Waals surface area contributed by atoms with Gasteiger partial charge < -0.3 is 9.84 Å². The van der Waals surface area contributed by atoms with Crippen LogP contribution >= 0.6 is 0 Å². The number of hydrogen-bond acceptors (Lipinski definition) is 5. The van der Waals surface area contributed by atoms with E-state index in [4.69, 9.17) is 5.11 Å². The summed E-state index contributed by atoms with van der Waals surface area (Å²) in [6.07, 6.45) is 0. The molecule has 1 N–H and O–H groups in total. The molecule has 0 bridgehead atoms. The maximum atomic E-state index is 11.2. The highest BCUT2D eigenvalue weighted by Crippen LogP contribution is 2.02. The summed E-state index contributed by atoms with van der Waals surface area (Å²) in [6.45, 7) is 1.26. The highest BCUT2D eigenvalue weighted by molar-refractivity contribution is 7.92. The monoisotopic (exact) mass is 224 g/mol. The van der Waals surface area contributed by atoms with E-state index >= 15 is 0 Å². The molecule has 82 valence electrons. The Hall–Kier alpha value is -1.11. The van der Waals surface area contributed by atoms with E-state index in [-0.39, 0.29) is 0 Å². The molecular weight excluding hydrogens is 212 g/mol. The third kappa shape index (κ3) is 4.80. The molecule has 1 unspecified atom stereocenters. The lowest BCUT2D eigenvalue weighted by Gasteiger charge is -2.06. The third-order valence-corrected chi connectivity index (χ3v) is 3.17. The van der Waals surface area contributed by atoms with Crippen LogP contribution in [0.25, 0.3) is 0 Å². The highest BCUT2D eigenvalue weighted by Gasteiger charge is 2.23. The maximum absolute atomic E-state index is 11.2. The molecule has 14 heavy (non-hydrogen) atoms. The lowest BCUT2D eigenvalue weighted by Crippen LogP contribution is -2.26. The molecule has 0 saturated heterocycles. The Balaban J connectivity index is 4.36. The minimum atomic E-state index is -3.69. The Labute approximate surface area is 81.8 Å². The molecule has 0 fully saturated rings. The first-order valence-electron chi connectivity index (χ1n) is 3.78. The summed E-state index contributed by atoms with van der Waals surface area (Å²) in [5.74, 6) is -4.45. The number of ether oxygens (including phenoxy) is 1. The molecule has 0 radical (unpaired) electrons. The number of hydrogen-bond donors (Lipinski definition) is 1. The molecule has 0 aliphatic carbocycles. The molecule has 1 atom stereocenters. The second-order valence-corrected chi connectivity index (χ2v) is 4.98. The maximum Gasteiger partial charge on any atom is 0.320 e. The van der Waals surface area contributed by atoms with Crippen molar-refractivity contribution in [1.29, 1.82) is 0 Å². The molecule has 0 saturated carbocycles. The number of methoxy groups -OCH3 is 1. The van der Waals surface area contributed by atoms with Gasteiger partial charge in [-0.2, -0.15) is 0 Å². The quantitative estimate of drug-likeness (QED) is 0.620. The number of carbonyl (C=O) groups is 2. The van der Waals surface area contributed by atoms with Crippen LogP contribution in [0.4, 0.5) is 0 Å². The van der Waals surface area contributed by atoms with Crippen molar-refractivity contribution in [2.24, 2.45) is 5.92 Å². The summed E-state index contributed by atoms with van der Waals surface area (Å²) in [6, 6.07) is 0. The van der Waals surface area contributed by atoms with E-state index in [1.54, 1.807) is 0 Å². The van der Waals surface area contributed by atoms with E-state index in [0.29, 0.717) is 0 Å². The predicted molar refractivity (Wildman–Crippen MR) is 47.5 cm³/mol. The Morgan fingerprint density at radius 2 is 1.93 bits per heavy atom. The second-order valence-electron chi connectivity index (χ2n) is 2.87. The zero-order valence-electron chi connectivity index (χ0n) is 7.89. The fourth-order valence-corrected chi connectivity index (χ4v) is 2.25. The van der Waals surface area contributed by atoms with Crippen LogP contribution in [0.1, 0.15) is 6.92 Å². The molecular formula is C7H12O6S. The van der Waals surface area contributed by atoms with Crippen LogP contribution in [-0.4, -0.2) is 44.1 Å². The Morgan fingerprint density at radius 1 is 1.43 bits per heavy atom. The fraction of sp³-hybridized carbons (Fsp3) is 0.714. The topological polar surface area (TPSA) is 97.7 Å². The average Bonchev–Trinajstić information content (AvgIpc) is 2.02. The summed E-state index contributed by atoms with van der Waals surface area (Å²) in [4.78, 5) is 21.0. The Morgan fingerprint density at radius 3 is 2.29 bits per heavy atom. The van der Waals surface area contributed by atoms with Gasteiger partial charge in [-0.3, -0.25) is 9.59 Å². The van der Waals surface area contributed by atoms with Gasteiger partial charge in [-0.25, -0.2) is 8.42 Å². The number of rotatable bonds is 5. The summed E-state index contributed by atoms with van der Waals surface area (Å²) in [5.41, 5.74) is 0. The number of aliphatic carboxylic acids is 1. The van der Waals surface area contributed by atoms with Crippen LogP contribution in [0.2, 0.25) is 0 Å². The zero-order chi connectivity index (χ0) is 11.4. The van der Waals surface area contributed by atoms with Crippen LogP contribution < -0.4 is 0 Å². The largest absolute Gasteiger partial charge is 0.481 e. The summed E-state index contributed by atoms with van der Waals surface area (Å²) >= 11 is 0. The number of carbonyl (C=O) groups excluding carboxylic acids is 1. The van der Waals surface area contributed by atoms with E-state index in [2.05, 4.69) is 4.74 Å². The van der Waals surface area contributed by atoms with Crippen molar-refractivity contribution < 1.29 is 27.9 Å². The van der Waals surface area contributed by atoms with E-state index in [0.717, 1.165) is 7.11 Å². The van der Waals surface area contributed by atoms with Gasteiger partial charge >= 0.3 is 11.9 Å². The van der Waals surface area contributed by atoms with Crippen LogP contribution in [0.3, 0.4) is 0 Å². The van der Waals surface area contributed by atoms with Crippen LogP contribution in [0, 0.1) is 5.92 Å². The van der Waals surface area contributed by atoms with Gasteiger partial charge in [0.2, 0.25) is 0 Å². The minimum absolute atomic E-state index is 0.558. The molecule has 0 spiro atoms. The SMILES string of the molecule is COC(=O)CS(=O)(=O)CC(C)C(=O)O.